The highest BCUT2D eigenvalue weighted by Crippen LogP contribution is 2.26. The minimum absolute atomic E-state index is 0.164. The SMILES string of the molecule is Cc1nc(C)c(C(=O)O)c(SCc2ccco2)n1. The van der Waals surface area contributed by atoms with Crippen LogP contribution in [0.3, 0.4) is 0 Å². The molecule has 0 unspecified atom stereocenters. The molecule has 0 fully saturated rings. The Bertz CT molecular complexity index is 567. The molecule has 2 aromatic rings. The Balaban J connectivity index is 2.28. The third-order valence-electron chi connectivity index (χ3n) is 2.31. The van der Waals surface area contributed by atoms with Gasteiger partial charge >= 0.3 is 5.97 Å². The van der Waals surface area contributed by atoms with Crippen LogP contribution in [0, 0.1) is 13.8 Å². The first-order valence-corrected chi connectivity index (χ1v) is 6.30. The van der Waals surface area contributed by atoms with Gasteiger partial charge in [0.1, 0.15) is 22.2 Å². The molecule has 0 aliphatic rings. The molecule has 0 aromatic carbocycles. The standard InChI is InChI=1S/C12H12N2O3S/c1-7-10(12(15)16)11(14-8(2)13-7)18-6-9-4-3-5-17-9/h3-5H,6H2,1-2H3,(H,15,16). The van der Waals surface area contributed by atoms with Crippen molar-refractivity contribution in [2.24, 2.45) is 0 Å². The Kier molecular flexibility index (Phi) is 3.66. The number of aromatic nitrogens is 2. The van der Waals surface area contributed by atoms with Gasteiger partial charge in [0.15, 0.2) is 0 Å². The van der Waals surface area contributed by atoms with E-state index in [4.69, 9.17) is 4.42 Å². The van der Waals surface area contributed by atoms with Gasteiger partial charge in [-0.25, -0.2) is 14.8 Å². The van der Waals surface area contributed by atoms with Crippen molar-refractivity contribution in [3.8, 4) is 0 Å². The molecule has 6 heteroatoms. The molecule has 0 radical (unpaired) electrons. The lowest BCUT2D eigenvalue weighted by Gasteiger charge is -2.07. The molecule has 18 heavy (non-hydrogen) atoms. The zero-order chi connectivity index (χ0) is 13.1. The van der Waals surface area contributed by atoms with E-state index in [1.165, 1.54) is 11.8 Å². The van der Waals surface area contributed by atoms with Gasteiger partial charge in [-0.15, -0.1) is 0 Å². The highest BCUT2D eigenvalue weighted by atomic mass is 32.2. The summed E-state index contributed by atoms with van der Waals surface area (Å²) in [6, 6.07) is 3.64. The highest BCUT2D eigenvalue weighted by Gasteiger charge is 2.17. The largest absolute Gasteiger partial charge is 0.478 e. The highest BCUT2D eigenvalue weighted by molar-refractivity contribution is 7.98. The van der Waals surface area contributed by atoms with Crippen LogP contribution in [0.2, 0.25) is 0 Å². The third-order valence-corrected chi connectivity index (χ3v) is 3.31. The van der Waals surface area contributed by atoms with E-state index in [1.807, 2.05) is 6.07 Å². The fourth-order valence-electron chi connectivity index (χ4n) is 1.57. The van der Waals surface area contributed by atoms with Gasteiger partial charge in [-0.05, 0) is 26.0 Å². The van der Waals surface area contributed by atoms with Gasteiger partial charge in [-0.1, -0.05) is 11.8 Å². The van der Waals surface area contributed by atoms with Gasteiger partial charge in [0.2, 0.25) is 0 Å². The maximum absolute atomic E-state index is 11.2. The summed E-state index contributed by atoms with van der Waals surface area (Å²) >= 11 is 1.34. The first-order chi connectivity index (χ1) is 8.58. The van der Waals surface area contributed by atoms with E-state index in [1.54, 1.807) is 26.2 Å². The molecule has 2 rings (SSSR count). The van der Waals surface area contributed by atoms with Crippen molar-refractivity contribution in [1.82, 2.24) is 9.97 Å². The third kappa shape index (κ3) is 2.70. The van der Waals surface area contributed by atoms with Crippen molar-refractivity contribution in [2.75, 3.05) is 0 Å². The summed E-state index contributed by atoms with van der Waals surface area (Å²) in [4.78, 5) is 19.5. The molecule has 0 spiro atoms. The number of hydrogen-bond acceptors (Lipinski definition) is 5. The molecule has 2 aromatic heterocycles. The monoisotopic (exact) mass is 264 g/mol. The van der Waals surface area contributed by atoms with E-state index in [0.29, 0.717) is 22.3 Å². The van der Waals surface area contributed by atoms with Crippen molar-refractivity contribution in [3.63, 3.8) is 0 Å². The van der Waals surface area contributed by atoms with Crippen molar-refractivity contribution in [2.45, 2.75) is 24.6 Å². The minimum Gasteiger partial charge on any atom is -0.478 e. The Hall–Kier alpha value is -1.82. The summed E-state index contributed by atoms with van der Waals surface area (Å²) in [6.45, 7) is 3.42. The number of carbonyl (C=O) groups is 1. The predicted octanol–water partition coefficient (Wildman–Crippen LogP) is 2.68. The van der Waals surface area contributed by atoms with E-state index in [9.17, 15) is 9.90 Å². The number of aromatic carboxylic acids is 1. The Morgan fingerprint density at radius 1 is 1.44 bits per heavy atom. The van der Waals surface area contributed by atoms with Gasteiger partial charge in [0.05, 0.1) is 17.7 Å². The summed E-state index contributed by atoms with van der Waals surface area (Å²) in [7, 11) is 0. The zero-order valence-corrected chi connectivity index (χ0v) is 10.8. The van der Waals surface area contributed by atoms with Gasteiger partial charge in [-0.3, -0.25) is 0 Å². The van der Waals surface area contributed by atoms with Crippen LogP contribution in [0.1, 0.15) is 27.6 Å². The zero-order valence-electron chi connectivity index (χ0n) is 10.0. The molecule has 0 aliphatic heterocycles. The second-order valence-corrected chi connectivity index (χ2v) is 4.67. The average molecular weight is 264 g/mol. The van der Waals surface area contributed by atoms with Crippen LogP contribution in [0.5, 0.6) is 0 Å². The lowest BCUT2D eigenvalue weighted by molar-refractivity contribution is 0.0690. The number of carboxylic acid groups (broad SMARTS) is 1. The molecule has 0 saturated carbocycles. The number of furan rings is 1. The molecule has 94 valence electrons. The average Bonchev–Trinajstić information content (AvgIpc) is 2.77. The quantitative estimate of drug-likeness (QED) is 0.675. The second-order valence-electron chi connectivity index (χ2n) is 3.71. The van der Waals surface area contributed by atoms with E-state index in [-0.39, 0.29) is 5.56 Å². The van der Waals surface area contributed by atoms with Gasteiger partial charge < -0.3 is 9.52 Å². The predicted molar refractivity (Wildman–Crippen MR) is 66.7 cm³/mol. The van der Waals surface area contributed by atoms with E-state index < -0.39 is 5.97 Å². The number of rotatable bonds is 4. The van der Waals surface area contributed by atoms with Crippen LogP contribution in [0.15, 0.2) is 27.8 Å². The fourth-order valence-corrected chi connectivity index (χ4v) is 2.59. The number of thioether (sulfide) groups is 1. The van der Waals surface area contributed by atoms with Crippen molar-refractivity contribution in [3.05, 3.63) is 41.2 Å². The maximum atomic E-state index is 11.2. The number of aryl methyl sites for hydroxylation is 2. The molecule has 0 atom stereocenters. The Labute approximate surface area is 108 Å². The first kappa shape index (κ1) is 12.6. The van der Waals surface area contributed by atoms with Crippen LogP contribution in [0.25, 0.3) is 0 Å². The Morgan fingerprint density at radius 2 is 2.22 bits per heavy atom. The van der Waals surface area contributed by atoms with E-state index in [2.05, 4.69) is 9.97 Å². The Morgan fingerprint density at radius 3 is 2.83 bits per heavy atom. The van der Waals surface area contributed by atoms with Crippen LogP contribution in [-0.4, -0.2) is 21.0 Å². The van der Waals surface area contributed by atoms with Crippen LogP contribution in [-0.2, 0) is 5.75 Å². The van der Waals surface area contributed by atoms with Crippen LogP contribution >= 0.6 is 11.8 Å². The van der Waals surface area contributed by atoms with Crippen LogP contribution < -0.4 is 0 Å². The molecule has 0 aliphatic carbocycles. The fraction of sp³-hybridized carbons (Fsp3) is 0.250. The summed E-state index contributed by atoms with van der Waals surface area (Å²) < 4.78 is 5.20. The molecular weight excluding hydrogens is 252 g/mol. The van der Waals surface area contributed by atoms with Crippen molar-refractivity contribution < 1.29 is 14.3 Å². The normalized spacial score (nSPS) is 10.6. The maximum Gasteiger partial charge on any atom is 0.340 e. The molecule has 0 saturated heterocycles. The first-order valence-electron chi connectivity index (χ1n) is 5.31. The lowest BCUT2D eigenvalue weighted by atomic mass is 10.2. The second kappa shape index (κ2) is 5.22. The van der Waals surface area contributed by atoms with Gasteiger partial charge in [0.25, 0.3) is 0 Å². The summed E-state index contributed by atoms with van der Waals surface area (Å²) in [5.74, 6) is 0.891. The summed E-state index contributed by atoms with van der Waals surface area (Å²) in [6.07, 6.45) is 1.59. The topological polar surface area (TPSA) is 76.2 Å². The number of hydrogen-bond donors (Lipinski definition) is 1. The van der Waals surface area contributed by atoms with E-state index in [0.717, 1.165) is 5.76 Å². The number of nitrogens with zero attached hydrogens (tertiary/aromatic N) is 2. The summed E-state index contributed by atoms with van der Waals surface area (Å²) in [5.41, 5.74) is 0.647. The number of carboxylic acids is 1. The lowest BCUT2D eigenvalue weighted by Crippen LogP contribution is -2.08. The molecule has 2 heterocycles. The van der Waals surface area contributed by atoms with E-state index >= 15 is 0 Å². The molecule has 0 amide bonds. The molecular formula is C12H12N2O3S. The smallest absolute Gasteiger partial charge is 0.340 e. The van der Waals surface area contributed by atoms with Crippen LogP contribution in [0.4, 0.5) is 0 Å². The minimum atomic E-state index is -1.01. The summed E-state index contributed by atoms with van der Waals surface area (Å²) in [5, 5.41) is 9.65. The van der Waals surface area contributed by atoms with Crippen molar-refractivity contribution in [1.29, 1.82) is 0 Å². The molecule has 5 nitrogen and oxygen atoms in total. The van der Waals surface area contributed by atoms with Crippen molar-refractivity contribution >= 4 is 17.7 Å². The molecule has 1 N–H and O–H groups in total. The van der Waals surface area contributed by atoms with Gasteiger partial charge in [0, 0.05) is 0 Å². The van der Waals surface area contributed by atoms with Gasteiger partial charge in [-0.2, -0.15) is 0 Å². The molecule has 0 bridgehead atoms.